The predicted molar refractivity (Wildman–Crippen MR) is 91.0 cm³/mol. The van der Waals surface area contributed by atoms with Gasteiger partial charge < -0.3 is 9.26 Å². The van der Waals surface area contributed by atoms with E-state index in [0.29, 0.717) is 42.0 Å². The summed E-state index contributed by atoms with van der Waals surface area (Å²) in [7, 11) is -3.49. The molecular weight excluding hydrogens is 340 g/mol. The number of nitrogens with zero attached hydrogens (tertiary/aromatic N) is 2. The number of hydrogen-bond acceptors (Lipinski definition) is 6. The van der Waals surface area contributed by atoms with E-state index in [-0.39, 0.29) is 0 Å². The van der Waals surface area contributed by atoms with Crippen LogP contribution in [0.3, 0.4) is 0 Å². The Hall–Kier alpha value is -1.73. The fourth-order valence-corrected chi connectivity index (χ4v) is 5.21. The number of aromatic nitrogens is 2. The van der Waals surface area contributed by atoms with E-state index in [9.17, 15) is 8.42 Å². The Morgan fingerprint density at radius 1 is 1.28 bits per heavy atom. The zero-order valence-electron chi connectivity index (χ0n) is 14.4. The lowest BCUT2D eigenvalue weighted by Gasteiger charge is -2.36. The van der Waals surface area contributed by atoms with Gasteiger partial charge in [0.15, 0.2) is 9.84 Å². The summed E-state index contributed by atoms with van der Waals surface area (Å²) >= 11 is 0. The number of sulfone groups is 1. The normalized spacial score (nSPS) is 27.4. The standard InChI is InChI=1S/C18H22N2O4S/c1-12-4-3-5-14(10-12)25(21,22)18(2)8-9-23-15(11-18)16-19-17(24-20-16)13-6-7-13/h3-5,10,13,15H,6-9,11H2,1-2H3. The molecule has 1 aliphatic heterocycles. The van der Waals surface area contributed by atoms with E-state index in [0.717, 1.165) is 18.4 Å². The van der Waals surface area contributed by atoms with Crippen molar-refractivity contribution in [2.75, 3.05) is 6.61 Å². The van der Waals surface area contributed by atoms with Crippen LogP contribution in [0.15, 0.2) is 33.7 Å². The van der Waals surface area contributed by atoms with Crippen LogP contribution in [-0.4, -0.2) is 29.9 Å². The van der Waals surface area contributed by atoms with Crippen LogP contribution < -0.4 is 0 Å². The molecule has 0 N–H and O–H groups in total. The van der Waals surface area contributed by atoms with Gasteiger partial charge in [-0.15, -0.1) is 0 Å². The summed E-state index contributed by atoms with van der Waals surface area (Å²) < 4.78 is 36.7. The zero-order valence-corrected chi connectivity index (χ0v) is 15.3. The third-order valence-corrected chi connectivity index (χ3v) is 7.73. The molecule has 6 nitrogen and oxygen atoms in total. The Balaban J connectivity index is 1.61. The Morgan fingerprint density at radius 3 is 2.80 bits per heavy atom. The van der Waals surface area contributed by atoms with E-state index in [4.69, 9.17) is 9.26 Å². The second kappa shape index (κ2) is 5.92. The van der Waals surface area contributed by atoms with Gasteiger partial charge in [0, 0.05) is 18.9 Å². The molecular formula is C18H22N2O4S. The van der Waals surface area contributed by atoms with Crippen LogP contribution in [0.4, 0.5) is 0 Å². The van der Waals surface area contributed by atoms with Gasteiger partial charge >= 0.3 is 0 Å². The number of rotatable bonds is 4. The van der Waals surface area contributed by atoms with Crippen LogP contribution in [0, 0.1) is 6.92 Å². The van der Waals surface area contributed by atoms with Crippen LogP contribution in [-0.2, 0) is 14.6 Å². The molecule has 1 aromatic heterocycles. The highest BCUT2D eigenvalue weighted by molar-refractivity contribution is 7.92. The number of aryl methyl sites for hydroxylation is 1. The van der Waals surface area contributed by atoms with E-state index in [1.54, 1.807) is 25.1 Å². The van der Waals surface area contributed by atoms with Crippen LogP contribution >= 0.6 is 0 Å². The number of ether oxygens (including phenoxy) is 1. The molecule has 25 heavy (non-hydrogen) atoms. The van der Waals surface area contributed by atoms with Crippen LogP contribution in [0.25, 0.3) is 0 Å². The first-order valence-corrected chi connectivity index (χ1v) is 10.1. The van der Waals surface area contributed by atoms with Gasteiger partial charge in [-0.2, -0.15) is 4.98 Å². The highest BCUT2D eigenvalue weighted by atomic mass is 32.2. The average Bonchev–Trinajstić information content (AvgIpc) is 3.32. The molecule has 2 atom stereocenters. The summed E-state index contributed by atoms with van der Waals surface area (Å²) in [6.45, 7) is 4.05. The fraction of sp³-hybridized carbons (Fsp3) is 0.556. The molecule has 0 radical (unpaired) electrons. The van der Waals surface area contributed by atoms with Gasteiger partial charge in [-0.05, 0) is 50.8 Å². The van der Waals surface area contributed by atoms with Gasteiger partial charge in [-0.1, -0.05) is 17.3 Å². The Morgan fingerprint density at radius 2 is 2.08 bits per heavy atom. The van der Waals surface area contributed by atoms with Gasteiger partial charge in [0.1, 0.15) is 6.10 Å². The molecule has 1 saturated heterocycles. The Bertz CT molecular complexity index is 888. The summed E-state index contributed by atoms with van der Waals surface area (Å²) in [4.78, 5) is 4.80. The average molecular weight is 362 g/mol. The minimum absolute atomic E-state index is 0.326. The molecule has 1 aromatic carbocycles. The highest BCUT2D eigenvalue weighted by Gasteiger charge is 2.46. The van der Waals surface area contributed by atoms with Gasteiger partial charge in [0.25, 0.3) is 0 Å². The van der Waals surface area contributed by atoms with Crippen LogP contribution in [0.1, 0.15) is 61.9 Å². The Kier molecular flexibility index (Phi) is 3.96. The van der Waals surface area contributed by atoms with E-state index in [1.165, 1.54) is 0 Å². The first-order chi connectivity index (χ1) is 11.9. The van der Waals surface area contributed by atoms with Gasteiger partial charge in [-0.3, -0.25) is 0 Å². The quantitative estimate of drug-likeness (QED) is 0.829. The minimum Gasteiger partial charge on any atom is -0.370 e. The molecule has 1 aliphatic carbocycles. The molecule has 2 aromatic rings. The SMILES string of the molecule is Cc1cccc(S(=O)(=O)C2(C)CCOC(c3noc(C4CC4)n3)C2)c1. The molecule has 2 aliphatic rings. The topological polar surface area (TPSA) is 82.3 Å². The van der Waals surface area contributed by atoms with Crippen molar-refractivity contribution in [3.63, 3.8) is 0 Å². The first kappa shape index (κ1) is 16.7. The van der Waals surface area contributed by atoms with E-state index in [1.807, 2.05) is 13.0 Å². The maximum Gasteiger partial charge on any atom is 0.229 e. The predicted octanol–water partition coefficient (Wildman–Crippen LogP) is 3.34. The smallest absolute Gasteiger partial charge is 0.229 e. The molecule has 2 fully saturated rings. The lowest BCUT2D eigenvalue weighted by molar-refractivity contribution is -0.00598. The molecule has 4 rings (SSSR count). The highest BCUT2D eigenvalue weighted by Crippen LogP contribution is 2.43. The number of benzene rings is 1. The third kappa shape index (κ3) is 3.00. The maximum atomic E-state index is 13.2. The molecule has 0 spiro atoms. The van der Waals surface area contributed by atoms with Gasteiger partial charge in [0.2, 0.25) is 11.7 Å². The van der Waals surface area contributed by atoms with Crippen LogP contribution in [0.5, 0.6) is 0 Å². The van der Waals surface area contributed by atoms with Crippen molar-refractivity contribution >= 4 is 9.84 Å². The second-order valence-electron chi connectivity index (χ2n) is 7.35. The van der Waals surface area contributed by atoms with E-state index >= 15 is 0 Å². The molecule has 2 unspecified atom stereocenters. The maximum absolute atomic E-state index is 13.2. The van der Waals surface area contributed by atoms with Crippen molar-refractivity contribution in [3.05, 3.63) is 41.5 Å². The first-order valence-electron chi connectivity index (χ1n) is 8.65. The third-order valence-electron chi connectivity index (χ3n) is 5.19. The van der Waals surface area contributed by atoms with Gasteiger partial charge in [-0.25, -0.2) is 8.42 Å². The van der Waals surface area contributed by atoms with E-state index in [2.05, 4.69) is 10.1 Å². The lowest BCUT2D eigenvalue weighted by atomic mass is 9.96. The monoisotopic (exact) mass is 362 g/mol. The van der Waals surface area contributed by atoms with Crippen molar-refractivity contribution in [2.24, 2.45) is 0 Å². The number of hydrogen-bond donors (Lipinski definition) is 0. The van der Waals surface area contributed by atoms with Crippen molar-refractivity contribution in [3.8, 4) is 0 Å². The fourth-order valence-electron chi connectivity index (χ4n) is 3.32. The van der Waals surface area contributed by atoms with E-state index < -0.39 is 20.7 Å². The molecule has 1 saturated carbocycles. The lowest BCUT2D eigenvalue weighted by Crippen LogP contribution is -2.42. The molecule has 0 bridgehead atoms. The minimum atomic E-state index is -3.49. The molecule has 134 valence electrons. The van der Waals surface area contributed by atoms with Crippen LogP contribution in [0.2, 0.25) is 0 Å². The van der Waals surface area contributed by atoms with Crippen molar-refractivity contribution < 1.29 is 17.7 Å². The summed E-state index contributed by atoms with van der Waals surface area (Å²) in [5, 5.41) is 4.03. The largest absolute Gasteiger partial charge is 0.370 e. The van der Waals surface area contributed by atoms with Gasteiger partial charge in [0.05, 0.1) is 9.64 Å². The molecule has 0 amide bonds. The molecule has 2 heterocycles. The van der Waals surface area contributed by atoms with Crippen molar-refractivity contribution in [1.82, 2.24) is 10.1 Å². The summed E-state index contributed by atoms with van der Waals surface area (Å²) in [5.41, 5.74) is 0.931. The summed E-state index contributed by atoms with van der Waals surface area (Å²) in [6.07, 6.45) is 2.48. The summed E-state index contributed by atoms with van der Waals surface area (Å²) in [5.74, 6) is 1.48. The van der Waals surface area contributed by atoms with Crippen molar-refractivity contribution in [1.29, 1.82) is 0 Å². The summed E-state index contributed by atoms with van der Waals surface area (Å²) in [6, 6.07) is 7.07. The van der Waals surface area contributed by atoms with Crippen molar-refractivity contribution in [2.45, 2.75) is 61.2 Å². The molecule has 7 heteroatoms. The second-order valence-corrected chi connectivity index (χ2v) is 9.81. The zero-order chi connectivity index (χ0) is 17.7. The Labute approximate surface area is 147 Å².